The highest BCUT2D eigenvalue weighted by atomic mass is 16.3. The van der Waals surface area contributed by atoms with Crippen molar-refractivity contribution in [1.82, 2.24) is 10.6 Å². The molecular weight excluding hydrogens is 204 g/mol. The molecule has 92 valence electrons. The lowest BCUT2D eigenvalue weighted by Crippen LogP contribution is -2.42. The summed E-state index contributed by atoms with van der Waals surface area (Å²) in [5.74, 6) is 0.569. The molecule has 1 heterocycles. The Hall–Kier alpha value is -0.610. The molecule has 1 aliphatic heterocycles. The number of carbonyl (C=O) groups is 1. The lowest BCUT2D eigenvalue weighted by molar-refractivity contribution is -0.125. The zero-order chi connectivity index (χ0) is 11.4. The fourth-order valence-corrected chi connectivity index (χ4v) is 2.71. The minimum Gasteiger partial charge on any atom is -0.393 e. The molecule has 2 fully saturated rings. The minimum absolute atomic E-state index is 0.132. The smallest absolute Gasteiger partial charge is 0.224 e. The summed E-state index contributed by atoms with van der Waals surface area (Å²) in [5.41, 5.74) is 0. The molecule has 0 spiro atoms. The first-order valence-corrected chi connectivity index (χ1v) is 6.44. The summed E-state index contributed by atoms with van der Waals surface area (Å²) >= 11 is 0. The van der Waals surface area contributed by atoms with E-state index in [1.165, 1.54) is 0 Å². The van der Waals surface area contributed by atoms with Gasteiger partial charge in [0.05, 0.1) is 12.0 Å². The fourth-order valence-electron chi connectivity index (χ4n) is 2.71. The van der Waals surface area contributed by atoms with E-state index in [0.29, 0.717) is 6.54 Å². The zero-order valence-corrected chi connectivity index (χ0v) is 9.74. The molecule has 3 N–H and O–H groups in total. The number of amides is 1. The summed E-state index contributed by atoms with van der Waals surface area (Å²) in [5, 5.41) is 15.9. The van der Waals surface area contributed by atoms with Crippen LogP contribution in [0.2, 0.25) is 0 Å². The maximum atomic E-state index is 11.8. The number of rotatable bonds is 3. The van der Waals surface area contributed by atoms with E-state index in [0.717, 1.165) is 45.2 Å². The van der Waals surface area contributed by atoms with Crippen LogP contribution in [0.25, 0.3) is 0 Å². The van der Waals surface area contributed by atoms with Crippen molar-refractivity contribution in [3.8, 4) is 0 Å². The van der Waals surface area contributed by atoms with Gasteiger partial charge in [0.1, 0.15) is 0 Å². The molecule has 4 heteroatoms. The van der Waals surface area contributed by atoms with Gasteiger partial charge in [0.25, 0.3) is 0 Å². The Kier molecular flexibility index (Phi) is 4.18. The second-order valence-electron chi connectivity index (χ2n) is 5.05. The van der Waals surface area contributed by atoms with Crippen LogP contribution in [0.3, 0.4) is 0 Å². The molecule has 1 amide bonds. The van der Waals surface area contributed by atoms with Crippen molar-refractivity contribution in [3.05, 3.63) is 0 Å². The molecule has 16 heavy (non-hydrogen) atoms. The minimum atomic E-state index is -0.204. The number of carbonyl (C=O) groups excluding carboxylic acids is 1. The van der Waals surface area contributed by atoms with E-state index >= 15 is 0 Å². The third kappa shape index (κ3) is 2.95. The number of hydrogen-bond acceptors (Lipinski definition) is 3. The highest BCUT2D eigenvalue weighted by Gasteiger charge is 2.27. The van der Waals surface area contributed by atoms with Crippen molar-refractivity contribution in [2.45, 2.75) is 38.2 Å². The average molecular weight is 226 g/mol. The van der Waals surface area contributed by atoms with Gasteiger partial charge in [0.15, 0.2) is 0 Å². The largest absolute Gasteiger partial charge is 0.393 e. The van der Waals surface area contributed by atoms with Gasteiger partial charge in [-0.2, -0.15) is 0 Å². The first-order valence-electron chi connectivity index (χ1n) is 6.44. The van der Waals surface area contributed by atoms with Crippen molar-refractivity contribution >= 4 is 5.91 Å². The monoisotopic (exact) mass is 226 g/mol. The van der Waals surface area contributed by atoms with Gasteiger partial charge in [-0.25, -0.2) is 0 Å². The first-order chi connectivity index (χ1) is 7.77. The molecule has 0 radical (unpaired) electrons. The summed E-state index contributed by atoms with van der Waals surface area (Å²) in [7, 11) is 0. The summed E-state index contributed by atoms with van der Waals surface area (Å²) in [6, 6.07) is 0. The van der Waals surface area contributed by atoms with E-state index < -0.39 is 0 Å². The van der Waals surface area contributed by atoms with Crippen molar-refractivity contribution in [1.29, 1.82) is 0 Å². The number of nitrogens with one attached hydrogen (secondary N) is 2. The Balaban J connectivity index is 1.70. The Morgan fingerprint density at radius 1 is 1.31 bits per heavy atom. The van der Waals surface area contributed by atoms with Crippen LogP contribution < -0.4 is 10.6 Å². The molecule has 1 saturated carbocycles. The van der Waals surface area contributed by atoms with Crippen LogP contribution in [0, 0.1) is 11.8 Å². The molecule has 2 unspecified atom stereocenters. The molecule has 1 aliphatic carbocycles. The molecule has 1 saturated heterocycles. The summed E-state index contributed by atoms with van der Waals surface area (Å²) < 4.78 is 0. The summed E-state index contributed by atoms with van der Waals surface area (Å²) in [4.78, 5) is 11.8. The summed E-state index contributed by atoms with van der Waals surface area (Å²) in [6.07, 6.45) is 4.91. The van der Waals surface area contributed by atoms with Crippen LogP contribution in [-0.2, 0) is 4.79 Å². The molecule has 0 aromatic heterocycles. The van der Waals surface area contributed by atoms with Crippen molar-refractivity contribution < 1.29 is 9.90 Å². The van der Waals surface area contributed by atoms with E-state index in [1.807, 2.05) is 0 Å². The SMILES string of the molecule is O=C(NCC1CCCC1O)[C@H]1CCCNC1. The van der Waals surface area contributed by atoms with Crippen LogP contribution in [0.5, 0.6) is 0 Å². The molecule has 0 aromatic carbocycles. The number of piperidine rings is 1. The quantitative estimate of drug-likeness (QED) is 0.647. The topological polar surface area (TPSA) is 61.4 Å². The van der Waals surface area contributed by atoms with Crippen molar-refractivity contribution in [2.24, 2.45) is 11.8 Å². The molecule has 2 rings (SSSR count). The van der Waals surface area contributed by atoms with Gasteiger partial charge in [-0.05, 0) is 32.2 Å². The molecular formula is C12H22N2O2. The van der Waals surface area contributed by atoms with Gasteiger partial charge in [-0.15, -0.1) is 0 Å². The Morgan fingerprint density at radius 2 is 2.19 bits per heavy atom. The van der Waals surface area contributed by atoms with Gasteiger partial charge in [0, 0.05) is 19.0 Å². The Bertz CT molecular complexity index is 239. The maximum absolute atomic E-state index is 11.8. The molecule has 0 aromatic rings. The predicted molar refractivity (Wildman–Crippen MR) is 62.0 cm³/mol. The van der Waals surface area contributed by atoms with Gasteiger partial charge < -0.3 is 15.7 Å². The van der Waals surface area contributed by atoms with Crippen LogP contribution in [0.4, 0.5) is 0 Å². The normalized spacial score (nSPS) is 34.9. The van der Waals surface area contributed by atoms with Gasteiger partial charge >= 0.3 is 0 Å². The van der Waals surface area contributed by atoms with Crippen LogP contribution in [-0.4, -0.2) is 36.8 Å². The fraction of sp³-hybridized carbons (Fsp3) is 0.917. The predicted octanol–water partition coefficient (Wildman–Crippen LogP) is 0.263. The highest BCUT2D eigenvalue weighted by molar-refractivity contribution is 5.78. The van der Waals surface area contributed by atoms with Crippen molar-refractivity contribution in [3.63, 3.8) is 0 Å². The second-order valence-corrected chi connectivity index (χ2v) is 5.05. The van der Waals surface area contributed by atoms with E-state index in [-0.39, 0.29) is 23.8 Å². The third-order valence-electron chi connectivity index (χ3n) is 3.83. The highest BCUT2D eigenvalue weighted by Crippen LogP contribution is 2.24. The molecule has 3 atom stereocenters. The van der Waals surface area contributed by atoms with E-state index in [2.05, 4.69) is 10.6 Å². The van der Waals surface area contributed by atoms with Gasteiger partial charge in [-0.3, -0.25) is 4.79 Å². The average Bonchev–Trinajstić information content (AvgIpc) is 2.73. The zero-order valence-electron chi connectivity index (χ0n) is 9.74. The van der Waals surface area contributed by atoms with Crippen LogP contribution >= 0.6 is 0 Å². The third-order valence-corrected chi connectivity index (χ3v) is 3.83. The van der Waals surface area contributed by atoms with Crippen LogP contribution in [0.15, 0.2) is 0 Å². The van der Waals surface area contributed by atoms with E-state index in [1.54, 1.807) is 0 Å². The Morgan fingerprint density at radius 3 is 2.81 bits per heavy atom. The maximum Gasteiger partial charge on any atom is 0.224 e. The molecule has 2 aliphatic rings. The first kappa shape index (κ1) is 11.9. The van der Waals surface area contributed by atoms with E-state index in [4.69, 9.17) is 0 Å². The molecule has 0 bridgehead atoms. The molecule has 4 nitrogen and oxygen atoms in total. The lowest BCUT2D eigenvalue weighted by atomic mass is 9.98. The Labute approximate surface area is 96.8 Å². The van der Waals surface area contributed by atoms with Gasteiger partial charge in [-0.1, -0.05) is 6.42 Å². The van der Waals surface area contributed by atoms with Gasteiger partial charge in [0.2, 0.25) is 5.91 Å². The number of hydrogen-bond donors (Lipinski definition) is 3. The number of aliphatic hydroxyl groups is 1. The van der Waals surface area contributed by atoms with Crippen molar-refractivity contribution in [2.75, 3.05) is 19.6 Å². The summed E-state index contributed by atoms with van der Waals surface area (Å²) in [6.45, 7) is 2.49. The van der Waals surface area contributed by atoms with E-state index in [9.17, 15) is 9.90 Å². The lowest BCUT2D eigenvalue weighted by Gasteiger charge is -2.23. The van der Waals surface area contributed by atoms with Crippen LogP contribution in [0.1, 0.15) is 32.1 Å². The number of aliphatic hydroxyl groups excluding tert-OH is 1. The second kappa shape index (κ2) is 5.64. The standard InChI is InChI=1S/C12H22N2O2/c15-11-5-1-3-9(11)8-14-12(16)10-4-2-6-13-7-10/h9-11,13,15H,1-8H2,(H,14,16)/t9?,10-,11?/m0/s1.